The van der Waals surface area contributed by atoms with Crippen LogP contribution in [0, 0.1) is 5.92 Å². The van der Waals surface area contributed by atoms with Gasteiger partial charge in [-0.05, 0) is 12.3 Å². The summed E-state index contributed by atoms with van der Waals surface area (Å²) in [4.78, 5) is 10.9. The Hall–Kier alpha value is -1.32. The molecule has 2 rings (SSSR count). The highest BCUT2D eigenvalue weighted by atomic mass is 16.5. The van der Waals surface area contributed by atoms with Crippen LogP contribution >= 0.6 is 0 Å². The number of rotatable bonds is 2. The molecule has 1 N–H and O–H groups in total. The minimum absolute atomic E-state index is 0.230. The molecule has 1 saturated carbocycles. The van der Waals surface area contributed by atoms with Crippen LogP contribution in [0.1, 0.15) is 54.6 Å². The summed E-state index contributed by atoms with van der Waals surface area (Å²) in [5.74, 6) is -0.186. The molecule has 1 heterocycles. The van der Waals surface area contributed by atoms with Crippen molar-refractivity contribution in [1.82, 2.24) is 5.16 Å². The van der Waals surface area contributed by atoms with E-state index >= 15 is 0 Å². The van der Waals surface area contributed by atoms with Crippen LogP contribution in [0.15, 0.2) is 10.8 Å². The van der Waals surface area contributed by atoms with E-state index in [1.54, 1.807) is 0 Å². The third kappa shape index (κ3) is 1.89. The first-order valence-corrected chi connectivity index (χ1v) is 5.37. The molecule has 82 valence electrons. The summed E-state index contributed by atoms with van der Waals surface area (Å²) in [6.07, 6.45) is 5.79. The van der Waals surface area contributed by atoms with Crippen molar-refractivity contribution in [3.05, 3.63) is 17.5 Å². The van der Waals surface area contributed by atoms with Crippen molar-refractivity contribution in [2.45, 2.75) is 38.5 Å². The Labute approximate surface area is 88.3 Å². The molecule has 0 unspecified atom stereocenters. The highest BCUT2D eigenvalue weighted by molar-refractivity contribution is 5.88. The summed E-state index contributed by atoms with van der Waals surface area (Å²) in [6.45, 7) is 2.16. The van der Waals surface area contributed by atoms with E-state index in [9.17, 15) is 4.79 Å². The van der Waals surface area contributed by atoms with E-state index in [1.165, 1.54) is 12.7 Å². The maximum atomic E-state index is 10.9. The summed E-state index contributed by atoms with van der Waals surface area (Å²) in [5.41, 5.74) is 0.864. The Morgan fingerprint density at radius 3 is 2.93 bits per heavy atom. The van der Waals surface area contributed by atoms with Crippen LogP contribution in [-0.2, 0) is 0 Å². The topological polar surface area (TPSA) is 63.3 Å². The molecule has 4 nitrogen and oxygen atoms in total. The van der Waals surface area contributed by atoms with Gasteiger partial charge in [0.25, 0.3) is 0 Å². The second-order valence-corrected chi connectivity index (χ2v) is 4.29. The van der Waals surface area contributed by atoms with E-state index < -0.39 is 5.97 Å². The zero-order valence-corrected chi connectivity index (χ0v) is 8.77. The molecule has 0 aromatic carbocycles. The predicted molar refractivity (Wildman–Crippen MR) is 53.8 cm³/mol. The van der Waals surface area contributed by atoms with Gasteiger partial charge in [0.1, 0.15) is 17.5 Å². The minimum atomic E-state index is -0.941. The van der Waals surface area contributed by atoms with Gasteiger partial charge in [0.05, 0.1) is 0 Å². The lowest BCUT2D eigenvalue weighted by atomic mass is 9.78. The van der Waals surface area contributed by atoms with Gasteiger partial charge in [-0.15, -0.1) is 0 Å². The Morgan fingerprint density at radius 1 is 1.53 bits per heavy atom. The summed E-state index contributed by atoms with van der Waals surface area (Å²) in [5, 5.41) is 12.8. The van der Waals surface area contributed by atoms with Crippen LogP contribution in [0.3, 0.4) is 0 Å². The van der Waals surface area contributed by atoms with Crippen molar-refractivity contribution < 1.29 is 14.4 Å². The molecule has 15 heavy (non-hydrogen) atoms. The lowest BCUT2D eigenvalue weighted by Gasteiger charge is -2.27. The average Bonchev–Trinajstić information content (AvgIpc) is 2.67. The largest absolute Gasteiger partial charge is 0.478 e. The van der Waals surface area contributed by atoms with E-state index in [4.69, 9.17) is 9.63 Å². The third-order valence-electron chi connectivity index (χ3n) is 3.29. The summed E-state index contributed by atoms with van der Waals surface area (Å²) in [6, 6.07) is 0. The van der Waals surface area contributed by atoms with Crippen molar-refractivity contribution >= 4 is 5.97 Å². The number of aromatic nitrogens is 1. The van der Waals surface area contributed by atoms with Crippen LogP contribution in [0.4, 0.5) is 0 Å². The van der Waals surface area contributed by atoms with E-state index in [2.05, 4.69) is 12.1 Å². The highest BCUT2D eigenvalue weighted by Crippen LogP contribution is 2.37. The van der Waals surface area contributed by atoms with Crippen LogP contribution in [0.2, 0.25) is 0 Å². The fraction of sp³-hybridized carbons (Fsp3) is 0.636. The molecule has 0 saturated heterocycles. The first-order valence-electron chi connectivity index (χ1n) is 5.37. The predicted octanol–water partition coefficient (Wildman–Crippen LogP) is 2.67. The quantitative estimate of drug-likeness (QED) is 0.813. The molecule has 4 heteroatoms. The zero-order chi connectivity index (χ0) is 10.8. The zero-order valence-electron chi connectivity index (χ0n) is 8.77. The maximum Gasteiger partial charge on any atom is 0.340 e. The van der Waals surface area contributed by atoms with Gasteiger partial charge in [-0.2, -0.15) is 0 Å². The number of hydrogen-bond donors (Lipinski definition) is 1. The third-order valence-corrected chi connectivity index (χ3v) is 3.29. The van der Waals surface area contributed by atoms with Crippen LogP contribution in [0.5, 0.6) is 0 Å². The molecule has 0 radical (unpaired) electrons. The van der Waals surface area contributed by atoms with Crippen LogP contribution in [-0.4, -0.2) is 16.2 Å². The fourth-order valence-corrected chi connectivity index (χ4v) is 2.40. The lowest BCUT2D eigenvalue weighted by molar-refractivity contribution is 0.0693. The summed E-state index contributed by atoms with van der Waals surface area (Å²) >= 11 is 0. The fourth-order valence-electron chi connectivity index (χ4n) is 2.40. The van der Waals surface area contributed by atoms with Gasteiger partial charge in [0.15, 0.2) is 0 Å². The summed E-state index contributed by atoms with van der Waals surface area (Å²) < 4.78 is 4.78. The molecule has 0 amide bonds. The average molecular weight is 209 g/mol. The second-order valence-electron chi connectivity index (χ2n) is 4.29. The molecular weight excluding hydrogens is 194 g/mol. The van der Waals surface area contributed by atoms with Gasteiger partial charge in [-0.25, -0.2) is 4.79 Å². The number of aromatic carboxylic acids is 1. The normalized spacial score (nSPS) is 26.5. The first-order chi connectivity index (χ1) is 7.20. The molecule has 1 aliphatic carbocycles. The Morgan fingerprint density at radius 2 is 2.27 bits per heavy atom. The molecule has 1 fully saturated rings. The number of carboxylic acid groups (broad SMARTS) is 1. The van der Waals surface area contributed by atoms with E-state index in [0.717, 1.165) is 19.3 Å². The highest BCUT2D eigenvalue weighted by Gasteiger charge is 2.29. The first kappa shape index (κ1) is 10.2. The lowest BCUT2D eigenvalue weighted by Crippen LogP contribution is -2.17. The van der Waals surface area contributed by atoms with Gasteiger partial charge in [0, 0.05) is 5.92 Å². The molecule has 1 aliphatic rings. The van der Waals surface area contributed by atoms with E-state index in [1.807, 2.05) is 0 Å². The Balaban J connectivity index is 2.27. The number of carbonyl (C=O) groups is 1. The van der Waals surface area contributed by atoms with Crippen molar-refractivity contribution in [3.8, 4) is 0 Å². The van der Waals surface area contributed by atoms with Crippen LogP contribution in [0.25, 0.3) is 0 Å². The molecule has 2 atom stereocenters. The van der Waals surface area contributed by atoms with Crippen molar-refractivity contribution in [3.63, 3.8) is 0 Å². The number of carboxylic acids is 1. The van der Waals surface area contributed by atoms with E-state index in [-0.39, 0.29) is 11.5 Å². The molecule has 0 spiro atoms. The Kier molecular flexibility index (Phi) is 2.75. The van der Waals surface area contributed by atoms with Gasteiger partial charge in [0.2, 0.25) is 0 Å². The number of hydrogen-bond acceptors (Lipinski definition) is 3. The SMILES string of the molecule is C[C@@H]1CCCC[C@@H]1c1nocc1C(=O)O. The van der Waals surface area contributed by atoms with Gasteiger partial charge < -0.3 is 9.63 Å². The number of nitrogens with zero attached hydrogens (tertiary/aromatic N) is 1. The monoisotopic (exact) mass is 209 g/mol. The molecule has 0 aliphatic heterocycles. The van der Waals surface area contributed by atoms with Gasteiger partial charge in [-0.3, -0.25) is 0 Å². The van der Waals surface area contributed by atoms with Crippen molar-refractivity contribution in [2.24, 2.45) is 5.92 Å². The maximum absolute atomic E-state index is 10.9. The summed E-state index contributed by atoms with van der Waals surface area (Å²) in [7, 11) is 0. The molecule has 0 bridgehead atoms. The van der Waals surface area contributed by atoms with E-state index in [0.29, 0.717) is 11.6 Å². The standard InChI is InChI=1S/C11H15NO3/c1-7-4-2-3-5-8(7)10-9(11(13)14)6-15-12-10/h6-8H,2-5H2,1H3,(H,13,14)/t7-,8+/m1/s1. The second kappa shape index (κ2) is 4.04. The Bertz CT molecular complexity index is 358. The molecular formula is C11H15NO3. The van der Waals surface area contributed by atoms with Crippen LogP contribution < -0.4 is 0 Å². The molecule has 1 aromatic heterocycles. The van der Waals surface area contributed by atoms with Gasteiger partial charge in [-0.1, -0.05) is 31.3 Å². The van der Waals surface area contributed by atoms with Gasteiger partial charge >= 0.3 is 5.97 Å². The molecule has 1 aromatic rings. The van der Waals surface area contributed by atoms with Crippen molar-refractivity contribution in [2.75, 3.05) is 0 Å². The minimum Gasteiger partial charge on any atom is -0.478 e. The van der Waals surface area contributed by atoms with Crippen molar-refractivity contribution in [1.29, 1.82) is 0 Å². The smallest absolute Gasteiger partial charge is 0.340 e.